The maximum atomic E-state index is 12.5. The summed E-state index contributed by atoms with van der Waals surface area (Å²) in [5, 5.41) is 13.2. The maximum absolute atomic E-state index is 12.5. The van der Waals surface area contributed by atoms with Gasteiger partial charge in [0, 0.05) is 12.2 Å². The summed E-state index contributed by atoms with van der Waals surface area (Å²) < 4.78 is 0. The summed E-state index contributed by atoms with van der Waals surface area (Å²) in [7, 11) is 1.97. The average Bonchev–Trinajstić information content (AvgIpc) is 2.53. The third-order valence-electron chi connectivity index (χ3n) is 5.29. The topological polar surface area (TPSA) is 52.6 Å². The lowest BCUT2D eigenvalue weighted by Gasteiger charge is -2.33. The molecule has 0 heterocycles. The van der Waals surface area contributed by atoms with Crippen molar-refractivity contribution >= 4 is 11.6 Å². The Morgan fingerprint density at radius 1 is 1.35 bits per heavy atom. The molecule has 0 bridgehead atoms. The van der Waals surface area contributed by atoms with E-state index in [2.05, 4.69) is 10.2 Å². The van der Waals surface area contributed by atoms with Crippen LogP contribution in [0.1, 0.15) is 43.7 Å². The van der Waals surface area contributed by atoms with Gasteiger partial charge in [0.15, 0.2) is 0 Å². The Bertz CT molecular complexity index is 544. The van der Waals surface area contributed by atoms with Gasteiger partial charge in [-0.2, -0.15) is 0 Å². The van der Waals surface area contributed by atoms with E-state index < -0.39 is 0 Å². The first-order chi connectivity index (χ1) is 10.9. The van der Waals surface area contributed by atoms with E-state index in [-0.39, 0.29) is 24.0 Å². The molecule has 4 nitrogen and oxygen atoms in total. The molecule has 0 spiro atoms. The Morgan fingerprint density at radius 2 is 2.04 bits per heavy atom. The van der Waals surface area contributed by atoms with Gasteiger partial charge >= 0.3 is 0 Å². The highest BCUT2D eigenvalue weighted by Gasteiger charge is 2.27. The van der Waals surface area contributed by atoms with Crippen LogP contribution in [0.2, 0.25) is 0 Å². The second-order valence-electron chi connectivity index (χ2n) is 6.96. The van der Waals surface area contributed by atoms with Crippen LogP contribution in [0.3, 0.4) is 0 Å². The van der Waals surface area contributed by atoms with E-state index in [1.165, 1.54) is 12.0 Å². The Balaban J connectivity index is 1.94. The lowest BCUT2D eigenvalue weighted by Crippen LogP contribution is -2.44. The molecular weight excluding hydrogens is 288 g/mol. The van der Waals surface area contributed by atoms with Gasteiger partial charge in [-0.05, 0) is 63.8 Å². The number of amides is 1. The van der Waals surface area contributed by atoms with Gasteiger partial charge in [-0.15, -0.1) is 0 Å². The first kappa shape index (κ1) is 18.0. The van der Waals surface area contributed by atoms with E-state index >= 15 is 0 Å². The molecule has 128 valence electrons. The zero-order valence-corrected chi connectivity index (χ0v) is 14.8. The summed E-state index contributed by atoms with van der Waals surface area (Å²) in [4.78, 5) is 14.6. The van der Waals surface area contributed by atoms with E-state index in [4.69, 9.17) is 0 Å². The number of likely N-dealkylation sites (N-methyl/N-ethyl adjacent to an activating group) is 1. The number of aryl methyl sites for hydroxylation is 1. The van der Waals surface area contributed by atoms with Crippen LogP contribution in [-0.2, 0) is 4.79 Å². The van der Waals surface area contributed by atoms with Gasteiger partial charge in [0.2, 0.25) is 5.91 Å². The van der Waals surface area contributed by atoms with Crippen molar-refractivity contribution in [2.24, 2.45) is 5.92 Å². The summed E-state index contributed by atoms with van der Waals surface area (Å²) in [6.45, 7) is 6.76. The van der Waals surface area contributed by atoms with Gasteiger partial charge in [-0.1, -0.05) is 25.0 Å². The molecular formula is C19H30N2O2. The third-order valence-corrected chi connectivity index (χ3v) is 5.29. The van der Waals surface area contributed by atoms with Crippen molar-refractivity contribution in [1.82, 2.24) is 4.90 Å². The molecule has 3 unspecified atom stereocenters. The molecule has 1 aliphatic rings. The normalized spacial score (nSPS) is 22.9. The molecule has 1 fully saturated rings. The third kappa shape index (κ3) is 4.55. The average molecular weight is 318 g/mol. The number of rotatable bonds is 5. The van der Waals surface area contributed by atoms with E-state index in [9.17, 15) is 9.90 Å². The van der Waals surface area contributed by atoms with Crippen molar-refractivity contribution < 1.29 is 9.90 Å². The van der Waals surface area contributed by atoms with Gasteiger partial charge in [0.1, 0.15) is 0 Å². The van der Waals surface area contributed by atoms with Crippen LogP contribution < -0.4 is 5.32 Å². The van der Waals surface area contributed by atoms with Crippen LogP contribution in [0.4, 0.5) is 5.69 Å². The fourth-order valence-electron chi connectivity index (χ4n) is 3.25. The highest BCUT2D eigenvalue weighted by atomic mass is 16.3. The van der Waals surface area contributed by atoms with E-state index in [1.807, 2.05) is 46.0 Å². The number of carbonyl (C=O) groups excluding carboxylic acids is 1. The van der Waals surface area contributed by atoms with Crippen molar-refractivity contribution in [3.8, 4) is 0 Å². The largest absolute Gasteiger partial charge is 0.393 e. The van der Waals surface area contributed by atoms with Crippen molar-refractivity contribution in [1.29, 1.82) is 0 Å². The van der Waals surface area contributed by atoms with E-state index in [1.54, 1.807) is 0 Å². The number of nitrogens with zero attached hydrogens (tertiary/aromatic N) is 1. The quantitative estimate of drug-likeness (QED) is 0.877. The Labute approximate surface area is 139 Å². The van der Waals surface area contributed by atoms with E-state index in [0.29, 0.717) is 0 Å². The van der Waals surface area contributed by atoms with Crippen LogP contribution in [0.5, 0.6) is 0 Å². The first-order valence-electron chi connectivity index (χ1n) is 8.65. The van der Waals surface area contributed by atoms with Crippen molar-refractivity contribution in [2.75, 3.05) is 18.9 Å². The molecule has 2 N–H and O–H groups in total. The molecule has 23 heavy (non-hydrogen) atoms. The van der Waals surface area contributed by atoms with Crippen LogP contribution >= 0.6 is 0 Å². The smallest absolute Gasteiger partial charge is 0.241 e. The fraction of sp³-hybridized carbons (Fsp3) is 0.632. The summed E-state index contributed by atoms with van der Waals surface area (Å²) >= 11 is 0. The molecule has 1 amide bonds. The molecule has 0 aliphatic heterocycles. The standard InChI is InChI=1S/C19H30N2O2/c1-13-8-7-10-17(14(13)2)20-19(23)15(3)21(4)12-16-9-5-6-11-18(16)22/h7-8,10,15-16,18,22H,5-6,9,11-12H2,1-4H3,(H,20,23). The highest BCUT2D eigenvalue weighted by Crippen LogP contribution is 2.25. The first-order valence-corrected chi connectivity index (χ1v) is 8.65. The van der Waals surface area contributed by atoms with Crippen LogP contribution in [0, 0.1) is 19.8 Å². The minimum Gasteiger partial charge on any atom is -0.393 e. The monoisotopic (exact) mass is 318 g/mol. The highest BCUT2D eigenvalue weighted by molar-refractivity contribution is 5.95. The number of hydrogen-bond donors (Lipinski definition) is 2. The zero-order valence-electron chi connectivity index (χ0n) is 14.8. The minimum atomic E-state index is -0.222. The fourth-order valence-corrected chi connectivity index (χ4v) is 3.25. The summed E-state index contributed by atoms with van der Waals surface area (Å²) in [6.07, 6.45) is 4.02. The summed E-state index contributed by atoms with van der Waals surface area (Å²) in [5.74, 6) is 0.288. The summed E-state index contributed by atoms with van der Waals surface area (Å²) in [6, 6.07) is 5.73. The Morgan fingerprint density at radius 3 is 2.74 bits per heavy atom. The van der Waals surface area contributed by atoms with Crippen molar-refractivity contribution in [2.45, 2.75) is 58.6 Å². The van der Waals surface area contributed by atoms with Gasteiger partial charge in [0.25, 0.3) is 0 Å². The number of anilines is 1. The van der Waals surface area contributed by atoms with Crippen molar-refractivity contribution in [3.05, 3.63) is 29.3 Å². The van der Waals surface area contributed by atoms with E-state index in [0.717, 1.165) is 37.1 Å². The lowest BCUT2D eigenvalue weighted by molar-refractivity contribution is -0.120. The molecule has 1 aliphatic carbocycles. The number of hydrogen-bond acceptors (Lipinski definition) is 3. The van der Waals surface area contributed by atoms with Gasteiger partial charge in [-0.3, -0.25) is 9.69 Å². The molecule has 0 aromatic heterocycles. The minimum absolute atomic E-state index is 0.00602. The predicted octanol–water partition coefficient (Wildman–Crippen LogP) is 3.11. The number of nitrogens with one attached hydrogen (secondary N) is 1. The Hall–Kier alpha value is -1.39. The molecule has 1 aromatic rings. The molecule has 3 atom stereocenters. The number of carbonyl (C=O) groups is 1. The number of aliphatic hydroxyl groups is 1. The van der Waals surface area contributed by atoms with Crippen LogP contribution in [0.15, 0.2) is 18.2 Å². The molecule has 4 heteroatoms. The molecule has 0 saturated heterocycles. The Kier molecular flexibility index (Phi) is 6.19. The lowest BCUT2D eigenvalue weighted by atomic mass is 9.86. The second-order valence-corrected chi connectivity index (χ2v) is 6.96. The zero-order chi connectivity index (χ0) is 17.0. The van der Waals surface area contributed by atoms with Crippen LogP contribution in [0.25, 0.3) is 0 Å². The SMILES string of the molecule is Cc1cccc(NC(=O)C(C)N(C)CC2CCCCC2O)c1C. The number of aliphatic hydroxyl groups excluding tert-OH is 1. The molecule has 0 radical (unpaired) electrons. The van der Waals surface area contributed by atoms with Crippen molar-refractivity contribution in [3.63, 3.8) is 0 Å². The molecule has 1 saturated carbocycles. The summed E-state index contributed by atoms with van der Waals surface area (Å²) in [5.41, 5.74) is 3.17. The van der Waals surface area contributed by atoms with Gasteiger partial charge < -0.3 is 10.4 Å². The second kappa shape index (κ2) is 7.93. The number of benzene rings is 1. The van der Waals surface area contributed by atoms with Gasteiger partial charge in [0.05, 0.1) is 12.1 Å². The predicted molar refractivity (Wildman–Crippen MR) is 94.6 cm³/mol. The molecule has 1 aromatic carbocycles. The van der Waals surface area contributed by atoms with Crippen LogP contribution in [-0.4, -0.2) is 41.7 Å². The van der Waals surface area contributed by atoms with Gasteiger partial charge in [-0.25, -0.2) is 0 Å². The molecule has 2 rings (SSSR count). The maximum Gasteiger partial charge on any atom is 0.241 e.